The average Bonchev–Trinajstić information content (AvgIpc) is 2.99. The number of imidazole rings is 1. The Morgan fingerprint density at radius 1 is 1.31 bits per heavy atom. The SMILES string of the molecule is Cn1ccnc1CC1CCN(c2ccc([N+](=O)[O-])cc2S(C)(=O)=O)CC1. The van der Waals surface area contributed by atoms with E-state index >= 15 is 0 Å². The zero-order valence-corrected chi connectivity index (χ0v) is 15.6. The van der Waals surface area contributed by atoms with E-state index in [0.717, 1.165) is 50.5 Å². The lowest BCUT2D eigenvalue weighted by Gasteiger charge is -2.34. The van der Waals surface area contributed by atoms with Crippen molar-refractivity contribution in [2.75, 3.05) is 24.2 Å². The van der Waals surface area contributed by atoms with E-state index in [0.29, 0.717) is 11.6 Å². The van der Waals surface area contributed by atoms with Crippen LogP contribution in [0, 0.1) is 16.0 Å². The van der Waals surface area contributed by atoms with Gasteiger partial charge in [-0.05, 0) is 24.8 Å². The fraction of sp³-hybridized carbons (Fsp3) is 0.471. The van der Waals surface area contributed by atoms with Crippen LogP contribution in [0.15, 0.2) is 35.5 Å². The van der Waals surface area contributed by atoms with Crippen molar-refractivity contribution >= 4 is 21.2 Å². The summed E-state index contributed by atoms with van der Waals surface area (Å²) in [4.78, 5) is 16.8. The van der Waals surface area contributed by atoms with Gasteiger partial charge in [-0.1, -0.05) is 0 Å². The molecule has 1 aliphatic heterocycles. The Kier molecular flexibility index (Phi) is 4.99. The molecular formula is C17H22N4O4S. The Morgan fingerprint density at radius 3 is 2.54 bits per heavy atom. The van der Waals surface area contributed by atoms with Crippen LogP contribution in [0.5, 0.6) is 0 Å². The lowest BCUT2D eigenvalue weighted by molar-refractivity contribution is -0.385. The normalized spacial score (nSPS) is 16.0. The molecule has 3 rings (SSSR count). The molecule has 0 atom stereocenters. The van der Waals surface area contributed by atoms with Crippen molar-refractivity contribution < 1.29 is 13.3 Å². The minimum atomic E-state index is -3.56. The number of anilines is 1. The summed E-state index contributed by atoms with van der Waals surface area (Å²) < 4.78 is 26.3. The molecule has 2 heterocycles. The molecule has 1 aliphatic rings. The fourth-order valence-corrected chi connectivity index (χ4v) is 4.32. The van der Waals surface area contributed by atoms with Crippen molar-refractivity contribution in [2.24, 2.45) is 13.0 Å². The summed E-state index contributed by atoms with van der Waals surface area (Å²) in [5, 5.41) is 11.0. The van der Waals surface area contributed by atoms with Crippen LogP contribution in [-0.2, 0) is 23.3 Å². The van der Waals surface area contributed by atoms with Crippen LogP contribution in [0.2, 0.25) is 0 Å². The minimum absolute atomic E-state index is 0.0225. The van der Waals surface area contributed by atoms with Gasteiger partial charge in [0, 0.05) is 57.3 Å². The van der Waals surface area contributed by atoms with E-state index in [1.165, 1.54) is 6.07 Å². The highest BCUT2D eigenvalue weighted by molar-refractivity contribution is 7.90. The number of aryl methyl sites for hydroxylation is 1. The first-order valence-corrected chi connectivity index (χ1v) is 10.3. The van der Waals surface area contributed by atoms with Gasteiger partial charge in [-0.2, -0.15) is 0 Å². The molecule has 1 saturated heterocycles. The number of hydrogen-bond donors (Lipinski definition) is 0. The van der Waals surface area contributed by atoms with Crippen molar-refractivity contribution in [1.29, 1.82) is 0 Å². The maximum Gasteiger partial charge on any atom is 0.270 e. The largest absolute Gasteiger partial charge is 0.370 e. The first kappa shape index (κ1) is 18.4. The Bertz CT molecular complexity index is 915. The van der Waals surface area contributed by atoms with E-state index in [1.807, 2.05) is 22.7 Å². The smallest absolute Gasteiger partial charge is 0.270 e. The van der Waals surface area contributed by atoms with Crippen LogP contribution < -0.4 is 4.90 Å². The number of aromatic nitrogens is 2. The summed E-state index contributed by atoms with van der Waals surface area (Å²) in [5.41, 5.74) is 0.340. The number of non-ortho nitro benzene ring substituents is 1. The third-order valence-electron chi connectivity index (χ3n) is 4.90. The van der Waals surface area contributed by atoms with E-state index in [-0.39, 0.29) is 10.6 Å². The van der Waals surface area contributed by atoms with Crippen LogP contribution in [0.3, 0.4) is 0 Å². The van der Waals surface area contributed by atoms with E-state index in [1.54, 1.807) is 12.3 Å². The lowest BCUT2D eigenvalue weighted by atomic mass is 9.93. The molecular weight excluding hydrogens is 356 g/mol. The van der Waals surface area contributed by atoms with Crippen molar-refractivity contribution in [1.82, 2.24) is 9.55 Å². The van der Waals surface area contributed by atoms with Crippen molar-refractivity contribution in [3.05, 3.63) is 46.5 Å². The van der Waals surface area contributed by atoms with Gasteiger partial charge >= 0.3 is 0 Å². The predicted molar refractivity (Wildman–Crippen MR) is 98.1 cm³/mol. The molecule has 1 fully saturated rings. The van der Waals surface area contributed by atoms with E-state index in [4.69, 9.17) is 0 Å². The van der Waals surface area contributed by atoms with Crippen LogP contribution in [0.4, 0.5) is 11.4 Å². The number of nitro benzene ring substituents is 1. The Balaban J connectivity index is 1.77. The van der Waals surface area contributed by atoms with Gasteiger partial charge in [0.25, 0.3) is 5.69 Å². The van der Waals surface area contributed by atoms with Gasteiger partial charge in [0.1, 0.15) is 5.82 Å². The van der Waals surface area contributed by atoms with E-state index in [2.05, 4.69) is 4.98 Å². The molecule has 2 aromatic rings. The molecule has 0 aliphatic carbocycles. The molecule has 9 heteroatoms. The molecule has 1 aromatic carbocycles. The standard InChI is InChI=1S/C17H22N4O4S/c1-19-10-7-18-17(19)11-13-5-8-20(9-6-13)15-4-3-14(21(22)23)12-16(15)26(2,24)25/h3-4,7,10,12-13H,5-6,8-9,11H2,1-2H3. The van der Waals surface area contributed by atoms with Gasteiger partial charge in [0.05, 0.1) is 15.5 Å². The highest BCUT2D eigenvalue weighted by Crippen LogP contribution is 2.32. The number of sulfone groups is 1. The second kappa shape index (κ2) is 7.06. The highest BCUT2D eigenvalue weighted by Gasteiger charge is 2.26. The van der Waals surface area contributed by atoms with Crippen LogP contribution in [0.1, 0.15) is 18.7 Å². The molecule has 26 heavy (non-hydrogen) atoms. The van der Waals surface area contributed by atoms with Crippen LogP contribution in [-0.4, -0.2) is 42.2 Å². The van der Waals surface area contributed by atoms with Gasteiger partial charge in [0.15, 0.2) is 9.84 Å². The number of nitrogens with zero attached hydrogens (tertiary/aromatic N) is 4. The highest BCUT2D eigenvalue weighted by atomic mass is 32.2. The zero-order valence-electron chi connectivity index (χ0n) is 14.8. The summed E-state index contributed by atoms with van der Waals surface area (Å²) in [7, 11) is -1.58. The zero-order chi connectivity index (χ0) is 18.9. The first-order valence-electron chi connectivity index (χ1n) is 8.45. The summed E-state index contributed by atoms with van der Waals surface area (Å²) in [6.07, 6.45) is 7.56. The summed E-state index contributed by atoms with van der Waals surface area (Å²) in [6.45, 7) is 1.44. The average molecular weight is 378 g/mol. The summed E-state index contributed by atoms with van der Waals surface area (Å²) in [6, 6.07) is 4.07. The second-order valence-corrected chi connectivity index (χ2v) is 8.75. The molecule has 0 unspecified atom stereocenters. The Labute approximate surface area is 152 Å². The summed E-state index contributed by atoms with van der Waals surface area (Å²) >= 11 is 0. The van der Waals surface area contributed by atoms with Gasteiger partial charge < -0.3 is 9.47 Å². The molecule has 0 N–H and O–H groups in total. The topological polar surface area (TPSA) is 98.3 Å². The molecule has 140 valence electrons. The monoisotopic (exact) mass is 378 g/mol. The number of piperidine rings is 1. The lowest BCUT2D eigenvalue weighted by Crippen LogP contribution is -2.35. The van der Waals surface area contributed by atoms with Crippen molar-refractivity contribution in [3.8, 4) is 0 Å². The number of benzene rings is 1. The van der Waals surface area contributed by atoms with Crippen LogP contribution >= 0.6 is 0 Å². The maximum absolute atomic E-state index is 12.1. The summed E-state index contributed by atoms with van der Waals surface area (Å²) in [5.74, 6) is 1.54. The molecule has 1 aromatic heterocycles. The minimum Gasteiger partial charge on any atom is -0.370 e. The van der Waals surface area contributed by atoms with Gasteiger partial charge in [-0.25, -0.2) is 13.4 Å². The Hall–Kier alpha value is -2.42. The number of hydrogen-bond acceptors (Lipinski definition) is 6. The van der Waals surface area contributed by atoms with Crippen molar-refractivity contribution in [3.63, 3.8) is 0 Å². The molecule has 0 spiro atoms. The fourth-order valence-electron chi connectivity index (χ4n) is 3.40. The van der Waals surface area contributed by atoms with Crippen LogP contribution in [0.25, 0.3) is 0 Å². The predicted octanol–water partition coefficient (Wildman–Crippen LogP) is 2.19. The molecule has 0 saturated carbocycles. The number of rotatable bonds is 5. The van der Waals surface area contributed by atoms with E-state index < -0.39 is 14.8 Å². The van der Waals surface area contributed by atoms with Gasteiger partial charge in [-0.3, -0.25) is 10.1 Å². The number of nitro groups is 1. The molecule has 8 nitrogen and oxygen atoms in total. The maximum atomic E-state index is 12.1. The van der Waals surface area contributed by atoms with Crippen molar-refractivity contribution in [2.45, 2.75) is 24.2 Å². The quantitative estimate of drug-likeness (QED) is 0.584. The molecule has 0 bridgehead atoms. The first-order chi connectivity index (χ1) is 12.3. The third-order valence-corrected chi connectivity index (χ3v) is 6.03. The molecule has 0 amide bonds. The van der Waals surface area contributed by atoms with Gasteiger partial charge in [0.2, 0.25) is 0 Å². The Morgan fingerprint density at radius 2 is 2.00 bits per heavy atom. The van der Waals surface area contributed by atoms with Gasteiger partial charge in [-0.15, -0.1) is 0 Å². The third kappa shape index (κ3) is 3.87. The molecule has 0 radical (unpaired) electrons. The van der Waals surface area contributed by atoms with E-state index in [9.17, 15) is 18.5 Å². The second-order valence-electron chi connectivity index (χ2n) is 6.77.